The predicted molar refractivity (Wildman–Crippen MR) is 85.0 cm³/mol. The molecule has 1 aromatic heterocycles. The molecule has 6 heteroatoms. The van der Waals surface area contributed by atoms with Crippen molar-refractivity contribution in [2.45, 2.75) is 38.3 Å². The number of aryl methyl sites for hydroxylation is 1. The van der Waals surface area contributed by atoms with Gasteiger partial charge in [-0.1, -0.05) is 18.9 Å². The number of likely N-dealkylation sites (tertiary alicyclic amines) is 1. The first-order valence-electron chi connectivity index (χ1n) is 8.21. The van der Waals surface area contributed by atoms with Gasteiger partial charge in [-0.2, -0.15) is 0 Å². The zero-order valence-corrected chi connectivity index (χ0v) is 13.4. The number of hydrogen-bond acceptors (Lipinski definition) is 4. The fourth-order valence-electron chi connectivity index (χ4n) is 3.65. The number of piperidine rings is 1. The van der Waals surface area contributed by atoms with Gasteiger partial charge in [0, 0.05) is 38.4 Å². The van der Waals surface area contributed by atoms with Crippen molar-refractivity contribution < 1.29 is 15.0 Å². The van der Waals surface area contributed by atoms with E-state index in [0.717, 1.165) is 12.8 Å². The van der Waals surface area contributed by atoms with E-state index < -0.39 is 17.5 Å². The average Bonchev–Trinajstić information content (AvgIpc) is 3.31. The molecular weight excluding hydrogens is 296 g/mol. The molecule has 1 saturated heterocycles. The smallest absolute Gasteiger partial charge is 0.313 e. The van der Waals surface area contributed by atoms with Crippen LogP contribution in [0.25, 0.3) is 0 Å². The van der Waals surface area contributed by atoms with Crippen LogP contribution in [0.4, 0.5) is 0 Å². The third-order valence-corrected chi connectivity index (χ3v) is 5.23. The summed E-state index contributed by atoms with van der Waals surface area (Å²) in [4.78, 5) is 26.1. The molecule has 3 rings (SSSR count). The van der Waals surface area contributed by atoms with E-state index in [1.165, 1.54) is 4.57 Å². The highest BCUT2D eigenvalue weighted by Crippen LogP contribution is 2.45. The highest BCUT2D eigenvalue weighted by molar-refractivity contribution is 5.76. The Morgan fingerprint density at radius 2 is 2.13 bits per heavy atom. The van der Waals surface area contributed by atoms with Gasteiger partial charge in [-0.25, -0.2) is 0 Å². The number of carboxylic acids is 1. The van der Waals surface area contributed by atoms with E-state index in [2.05, 4.69) is 0 Å². The lowest BCUT2D eigenvalue weighted by atomic mass is 9.73. The number of carboxylic acid groups (broad SMARTS) is 1. The van der Waals surface area contributed by atoms with E-state index in [-0.39, 0.29) is 5.56 Å². The minimum Gasteiger partial charge on any atom is -0.481 e. The molecule has 0 bridgehead atoms. The molecule has 0 aromatic carbocycles. The van der Waals surface area contributed by atoms with Crippen LogP contribution < -0.4 is 5.56 Å². The second-order valence-electron chi connectivity index (χ2n) is 7.07. The number of aliphatic hydroxyl groups is 1. The van der Waals surface area contributed by atoms with Crippen molar-refractivity contribution in [3.8, 4) is 0 Å². The lowest BCUT2D eigenvalue weighted by molar-refractivity contribution is -0.165. The van der Waals surface area contributed by atoms with Crippen LogP contribution >= 0.6 is 0 Å². The van der Waals surface area contributed by atoms with Crippen LogP contribution in [0.2, 0.25) is 0 Å². The molecule has 23 heavy (non-hydrogen) atoms. The van der Waals surface area contributed by atoms with Crippen LogP contribution in [0.3, 0.4) is 0 Å². The van der Waals surface area contributed by atoms with Gasteiger partial charge in [0.2, 0.25) is 0 Å². The van der Waals surface area contributed by atoms with Gasteiger partial charge in [0.25, 0.3) is 5.56 Å². The molecule has 2 fully saturated rings. The van der Waals surface area contributed by atoms with Gasteiger partial charge in [0.05, 0.1) is 6.10 Å². The number of pyridine rings is 1. The third-order valence-electron chi connectivity index (χ3n) is 5.23. The average molecular weight is 320 g/mol. The monoisotopic (exact) mass is 320 g/mol. The van der Waals surface area contributed by atoms with E-state index in [4.69, 9.17) is 0 Å². The Kier molecular flexibility index (Phi) is 4.29. The maximum absolute atomic E-state index is 12.2. The van der Waals surface area contributed by atoms with Crippen molar-refractivity contribution in [2.24, 2.45) is 18.4 Å². The topological polar surface area (TPSA) is 82.8 Å². The van der Waals surface area contributed by atoms with E-state index in [1.54, 1.807) is 19.3 Å². The second-order valence-corrected chi connectivity index (χ2v) is 7.07. The van der Waals surface area contributed by atoms with E-state index in [0.29, 0.717) is 44.0 Å². The van der Waals surface area contributed by atoms with Gasteiger partial charge in [-0.05, 0) is 24.8 Å². The highest BCUT2D eigenvalue weighted by Gasteiger charge is 2.51. The van der Waals surface area contributed by atoms with Gasteiger partial charge in [0.15, 0.2) is 0 Å². The number of rotatable bonds is 5. The zero-order valence-electron chi connectivity index (χ0n) is 13.4. The maximum atomic E-state index is 12.2. The maximum Gasteiger partial charge on any atom is 0.313 e. The highest BCUT2D eigenvalue weighted by atomic mass is 16.4. The minimum atomic E-state index is -1.10. The van der Waals surface area contributed by atoms with Crippen molar-refractivity contribution in [1.82, 2.24) is 9.47 Å². The van der Waals surface area contributed by atoms with Crippen LogP contribution in [0.5, 0.6) is 0 Å². The van der Waals surface area contributed by atoms with E-state index >= 15 is 0 Å². The van der Waals surface area contributed by atoms with Crippen molar-refractivity contribution in [1.29, 1.82) is 0 Å². The van der Waals surface area contributed by atoms with Crippen LogP contribution in [-0.4, -0.2) is 44.8 Å². The fourth-order valence-corrected chi connectivity index (χ4v) is 3.65. The summed E-state index contributed by atoms with van der Waals surface area (Å²) >= 11 is 0. The number of aliphatic hydroxyl groups excluding tert-OH is 1. The normalized spacial score (nSPS) is 28.7. The lowest BCUT2D eigenvalue weighted by Gasteiger charge is -2.43. The minimum absolute atomic E-state index is 0.0539. The van der Waals surface area contributed by atoms with Crippen LogP contribution in [0.1, 0.15) is 31.2 Å². The van der Waals surface area contributed by atoms with Crippen molar-refractivity contribution >= 4 is 5.97 Å². The van der Waals surface area contributed by atoms with Crippen LogP contribution in [-0.2, 0) is 18.4 Å². The number of carbonyl (C=O) groups is 1. The SMILES string of the molecule is Cn1cccc(CN2CC[C@@H](O)[C@](CC3CC3)(C(=O)O)C2)c1=O. The fraction of sp³-hybridized carbons (Fsp3) is 0.647. The van der Waals surface area contributed by atoms with Crippen LogP contribution in [0.15, 0.2) is 23.1 Å². The van der Waals surface area contributed by atoms with E-state index in [1.807, 2.05) is 11.0 Å². The quantitative estimate of drug-likeness (QED) is 0.839. The number of hydrogen-bond donors (Lipinski definition) is 2. The molecular formula is C17H24N2O4. The van der Waals surface area contributed by atoms with Gasteiger partial charge >= 0.3 is 5.97 Å². The lowest BCUT2D eigenvalue weighted by Crippen LogP contribution is -2.56. The number of aliphatic carboxylic acids is 1. The first-order valence-corrected chi connectivity index (χ1v) is 8.21. The van der Waals surface area contributed by atoms with Gasteiger partial charge in [0.1, 0.15) is 5.41 Å². The first kappa shape index (κ1) is 16.2. The van der Waals surface area contributed by atoms with Gasteiger partial charge in [-0.15, -0.1) is 0 Å². The van der Waals surface area contributed by atoms with Gasteiger partial charge < -0.3 is 14.8 Å². The van der Waals surface area contributed by atoms with Gasteiger partial charge in [-0.3, -0.25) is 14.5 Å². The molecule has 0 amide bonds. The molecule has 126 valence electrons. The molecule has 0 unspecified atom stereocenters. The zero-order chi connectivity index (χ0) is 16.6. The molecule has 0 radical (unpaired) electrons. The Bertz CT molecular complexity index is 652. The molecule has 2 atom stereocenters. The predicted octanol–water partition coefficient (Wildman–Crippen LogP) is 0.823. The van der Waals surface area contributed by atoms with E-state index in [9.17, 15) is 19.8 Å². The Balaban J connectivity index is 1.80. The van der Waals surface area contributed by atoms with Crippen molar-refractivity contribution in [3.63, 3.8) is 0 Å². The molecule has 2 N–H and O–H groups in total. The Morgan fingerprint density at radius 1 is 1.39 bits per heavy atom. The summed E-state index contributed by atoms with van der Waals surface area (Å²) in [7, 11) is 1.71. The summed E-state index contributed by atoms with van der Waals surface area (Å²) in [6.45, 7) is 1.34. The summed E-state index contributed by atoms with van der Waals surface area (Å²) in [5, 5.41) is 20.1. The summed E-state index contributed by atoms with van der Waals surface area (Å²) < 4.78 is 1.53. The van der Waals surface area contributed by atoms with Crippen molar-refractivity contribution in [3.05, 3.63) is 34.2 Å². The molecule has 1 aliphatic heterocycles. The second kappa shape index (κ2) is 6.09. The Morgan fingerprint density at radius 3 is 2.78 bits per heavy atom. The molecule has 0 spiro atoms. The standard InChI is InChI=1S/C17H24N2O4/c1-18-7-2-3-13(15(18)21)10-19-8-6-14(20)17(11-19,16(22)23)9-12-4-5-12/h2-3,7,12,14,20H,4-6,8-11H2,1H3,(H,22,23)/t14-,17-/m1/s1. The molecule has 6 nitrogen and oxygen atoms in total. The molecule has 1 saturated carbocycles. The van der Waals surface area contributed by atoms with Crippen molar-refractivity contribution in [2.75, 3.05) is 13.1 Å². The summed E-state index contributed by atoms with van der Waals surface area (Å²) in [5.74, 6) is -0.493. The molecule has 2 heterocycles. The molecule has 1 aromatic rings. The number of nitrogens with zero attached hydrogens (tertiary/aromatic N) is 2. The first-order chi connectivity index (χ1) is 10.9. The summed E-state index contributed by atoms with van der Waals surface area (Å²) in [6, 6.07) is 3.61. The Labute approximate surface area is 135 Å². The number of aromatic nitrogens is 1. The molecule has 1 aliphatic carbocycles. The Hall–Kier alpha value is -1.66. The third kappa shape index (κ3) is 3.19. The molecule has 2 aliphatic rings. The summed E-state index contributed by atoms with van der Waals surface area (Å²) in [5.41, 5.74) is -0.488. The largest absolute Gasteiger partial charge is 0.481 e. The van der Waals surface area contributed by atoms with Crippen LogP contribution in [0, 0.1) is 11.3 Å². The summed E-state index contributed by atoms with van der Waals surface area (Å²) in [6.07, 6.45) is 3.98.